The van der Waals surface area contributed by atoms with Crippen LogP contribution in [0.25, 0.3) is 0 Å². The van der Waals surface area contributed by atoms with Crippen molar-refractivity contribution in [3.8, 4) is 0 Å². The van der Waals surface area contributed by atoms with Crippen LogP contribution < -0.4 is 0 Å². The van der Waals surface area contributed by atoms with Crippen LogP contribution in [0.5, 0.6) is 0 Å². The molecule has 0 spiro atoms. The first-order valence-electron chi connectivity index (χ1n) is 5.41. The first kappa shape index (κ1) is 11.5. The smallest absolute Gasteiger partial charge is 0.0968 e. The summed E-state index contributed by atoms with van der Waals surface area (Å²) in [4.78, 5) is 2.31. The Morgan fingerprint density at radius 3 is 2.36 bits per heavy atom. The van der Waals surface area contributed by atoms with E-state index in [1.54, 1.807) is 0 Å². The number of hydrogen-bond acceptors (Lipinski definition) is 2. The van der Waals surface area contributed by atoms with Gasteiger partial charge in [-0.2, -0.15) is 0 Å². The molecule has 0 saturated carbocycles. The van der Waals surface area contributed by atoms with Crippen molar-refractivity contribution in [1.82, 2.24) is 4.90 Å². The van der Waals surface area contributed by atoms with Crippen molar-refractivity contribution in [1.29, 1.82) is 0 Å². The van der Waals surface area contributed by atoms with Gasteiger partial charge in [0.25, 0.3) is 0 Å². The van der Waals surface area contributed by atoms with Gasteiger partial charge >= 0.3 is 0 Å². The number of hydrogen-bond donors (Lipinski definition) is 0. The highest BCUT2D eigenvalue weighted by Crippen LogP contribution is 2.27. The molecule has 14 heavy (non-hydrogen) atoms. The Morgan fingerprint density at radius 1 is 1.21 bits per heavy atom. The van der Waals surface area contributed by atoms with Crippen LogP contribution in [0.4, 0.5) is 0 Å². The number of nitrogens with zero attached hydrogens (tertiary/aromatic N) is 1. The summed E-state index contributed by atoms with van der Waals surface area (Å²) in [6.07, 6.45) is 7.23. The molecule has 1 heterocycles. The Bertz CT molecular complexity index is 181. The highest BCUT2D eigenvalue weighted by molar-refractivity contribution is 4.90. The van der Waals surface area contributed by atoms with Crippen LogP contribution in [0.15, 0.2) is 25.3 Å². The molecule has 1 fully saturated rings. The zero-order valence-electron chi connectivity index (χ0n) is 9.11. The summed E-state index contributed by atoms with van der Waals surface area (Å²) in [6.45, 7) is 12.6. The minimum Gasteiger partial charge on any atom is -0.368 e. The summed E-state index contributed by atoms with van der Waals surface area (Å²) in [5.41, 5.74) is 0. The monoisotopic (exact) mass is 195 g/mol. The van der Waals surface area contributed by atoms with Crippen molar-refractivity contribution in [2.75, 3.05) is 19.6 Å². The maximum Gasteiger partial charge on any atom is 0.0968 e. The van der Waals surface area contributed by atoms with Gasteiger partial charge in [-0.15, -0.1) is 13.2 Å². The van der Waals surface area contributed by atoms with E-state index in [-0.39, 0.29) is 0 Å². The molecule has 2 nitrogen and oxygen atoms in total. The van der Waals surface area contributed by atoms with E-state index in [1.807, 2.05) is 12.2 Å². The van der Waals surface area contributed by atoms with E-state index < -0.39 is 0 Å². The average molecular weight is 195 g/mol. The maximum atomic E-state index is 5.57. The fourth-order valence-corrected chi connectivity index (χ4v) is 1.72. The molecule has 0 unspecified atom stereocenters. The Kier molecular flexibility index (Phi) is 4.91. The molecule has 2 atom stereocenters. The van der Waals surface area contributed by atoms with Gasteiger partial charge in [0.2, 0.25) is 0 Å². The molecule has 0 aromatic rings. The normalized spacial score (nSPS) is 25.0. The Hall–Kier alpha value is -0.600. The lowest BCUT2D eigenvalue weighted by Crippen LogP contribution is -2.28. The molecule has 0 N–H and O–H groups in total. The van der Waals surface area contributed by atoms with Crippen LogP contribution in [-0.4, -0.2) is 36.7 Å². The molecule has 2 heteroatoms. The number of rotatable bonds is 8. The van der Waals surface area contributed by atoms with Crippen molar-refractivity contribution < 1.29 is 4.74 Å². The molecule has 1 rings (SSSR count). The Labute approximate surface area is 87.2 Å². The molecule has 80 valence electrons. The van der Waals surface area contributed by atoms with Crippen LogP contribution >= 0.6 is 0 Å². The third-order valence-corrected chi connectivity index (χ3v) is 2.47. The van der Waals surface area contributed by atoms with Crippen LogP contribution in [0.1, 0.15) is 19.8 Å². The number of ether oxygens (including phenoxy) is 1. The molecule has 0 radical (unpaired) electrons. The molecule has 0 aromatic carbocycles. The van der Waals surface area contributed by atoms with Crippen LogP contribution in [0, 0.1) is 0 Å². The highest BCUT2D eigenvalue weighted by Gasteiger charge is 2.38. The van der Waals surface area contributed by atoms with Gasteiger partial charge in [-0.1, -0.05) is 25.5 Å². The lowest BCUT2D eigenvalue weighted by molar-refractivity contribution is 0.279. The predicted molar refractivity (Wildman–Crippen MR) is 60.4 cm³/mol. The summed E-state index contributed by atoms with van der Waals surface area (Å²) in [6, 6.07) is 0. The Balaban J connectivity index is 2.20. The van der Waals surface area contributed by atoms with Gasteiger partial charge in [-0.3, -0.25) is 4.90 Å². The quantitative estimate of drug-likeness (QED) is 0.436. The predicted octanol–water partition coefficient (Wildman–Crippen LogP) is 2.23. The van der Waals surface area contributed by atoms with Crippen LogP contribution in [-0.2, 0) is 4.74 Å². The van der Waals surface area contributed by atoms with Crippen molar-refractivity contribution in [3.05, 3.63) is 25.3 Å². The van der Waals surface area contributed by atoms with Crippen LogP contribution in [0.2, 0.25) is 0 Å². The van der Waals surface area contributed by atoms with E-state index in [0.29, 0.717) is 12.2 Å². The summed E-state index contributed by atoms with van der Waals surface area (Å²) >= 11 is 0. The van der Waals surface area contributed by atoms with E-state index in [0.717, 1.165) is 19.6 Å². The van der Waals surface area contributed by atoms with Gasteiger partial charge < -0.3 is 4.74 Å². The third kappa shape index (κ3) is 3.64. The first-order valence-corrected chi connectivity index (χ1v) is 5.41. The second-order valence-corrected chi connectivity index (χ2v) is 3.80. The van der Waals surface area contributed by atoms with Gasteiger partial charge in [0.05, 0.1) is 12.2 Å². The third-order valence-electron chi connectivity index (χ3n) is 2.47. The van der Waals surface area contributed by atoms with Gasteiger partial charge in [0.1, 0.15) is 0 Å². The fraction of sp³-hybridized carbons (Fsp3) is 0.667. The van der Waals surface area contributed by atoms with Gasteiger partial charge in [0.15, 0.2) is 0 Å². The van der Waals surface area contributed by atoms with Gasteiger partial charge in [-0.05, 0) is 6.42 Å². The second kappa shape index (κ2) is 5.99. The molecule has 1 aliphatic rings. The topological polar surface area (TPSA) is 15.8 Å². The van der Waals surface area contributed by atoms with Gasteiger partial charge in [0, 0.05) is 19.6 Å². The SMILES string of the molecule is C=CCN(CC=C)C[C@@H]1O[C@@H]1CCC. The Morgan fingerprint density at radius 2 is 1.86 bits per heavy atom. The summed E-state index contributed by atoms with van der Waals surface area (Å²) < 4.78 is 5.57. The molecule has 1 saturated heterocycles. The number of epoxide rings is 1. The van der Waals surface area contributed by atoms with E-state index in [4.69, 9.17) is 4.74 Å². The average Bonchev–Trinajstić information content (AvgIpc) is 2.85. The molecular weight excluding hydrogens is 174 g/mol. The minimum atomic E-state index is 0.454. The zero-order valence-corrected chi connectivity index (χ0v) is 9.11. The first-order chi connectivity index (χ1) is 6.81. The molecule has 0 aliphatic carbocycles. The lowest BCUT2D eigenvalue weighted by Gasteiger charge is -2.16. The maximum absolute atomic E-state index is 5.57. The molecule has 0 aromatic heterocycles. The molecule has 1 aliphatic heterocycles. The highest BCUT2D eigenvalue weighted by atomic mass is 16.6. The zero-order chi connectivity index (χ0) is 10.4. The standard InChI is InChI=1S/C12H21NO/c1-4-7-11-12(14-11)10-13(8-5-2)9-6-3/h5-6,11-12H,2-4,7-10H2,1H3/t11-,12+/m1/s1. The van der Waals surface area contributed by atoms with Crippen molar-refractivity contribution in [2.45, 2.75) is 32.0 Å². The molecular formula is C12H21NO. The lowest BCUT2D eigenvalue weighted by atomic mass is 10.2. The summed E-state index contributed by atoms with van der Waals surface area (Å²) in [5.74, 6) is 0. The van der Waals surface area contributed by atoms with E-state index >= 15 is 0 Å². The van der Waals surface area contributed by atoms with E-state index in [1.165, 1.54) is 12.8 Å². The summed E-state index contributed by atoms with van der Waals surface area (Å²) in [7, 11) is 0. The van der Waals surface area contributed by atoms with E-state index in [9.17, 15) is 0 Å². The minimum absolute atomic E-state index is 0.454. The van der Waals surface area contributed by atoms with Crippen molar-refractivity contribution >= 4 is 0 Å². The van der Waals surface area contributed by atoms with Crippen molar-refractivity contribution in [3.63, 3.8) is 0 Å². The molecule has 0 bridgehead atoms. The van der Waals surface area contributed by atoms with Crippen LogP contribution in [0.3, 0.4) is 0 Å². The second-order valence-electron chi connectivity index (χ2n) is 3.80. The van der Waals surface area contributed by atoms with Crippen molar-refractivity contribution in [2.24, 2.45) is 0 Å². The summed E-state index contributed by atoms with van der Waals surface area (Å²) in [5, 5.41) is 0. The van der Waals surface area contributed by atoms with E-state index in [2.05, 4.69) is 25.0 Å². The fourth-order valence-electron chi connectivity index (χ4n) is 1.72. The molecule has 0 amide bonds. The van der Waals surface area contributed by atoms with Gasteiger partial charge in [-0.25, -0.2) is 0 Å². The largest absolute Gasteiger partial charge is 0.368 e.